The smallest absolute Gasteiger partial charge is 0.322 e. The minimum Gasteiger partial charge on any atom is -0.490 e. The van der Waals surface area contributed by atoms with E-state index in [0.717, 1.165) is 50.0 Å². The molecular formula is C26H42BrN2O5P. The van der Waals surface area contributed by atoms with Gasteiger partial charge >= 0.3 is 8.25 Å². The molecule has 2 aromatic carbocycles. The molecule has 0 aliphatic heterocycles. The lowest BCUT2D eigenvalue weighted by molar-refractivity contribution is 0.115. The summed E-state index contributed by atoms with van der Waals surface area (Å²) in [6.45, 7) is 4.18. The van der Waals surface area contributed by atoms with E-state index in [4.69, 9.17) is 30.0 Å². The van der Waals surface area contributed by atoms with Gasteiger partial charge < -0.3 is 20.9 Å². The zero-order chi connectivity index (χ0) is 24.6. The molecule has 0 bridgehead atoms. The minimum absolute atomic E-state index is 0. The highest BCUT2D eigenvalue weighted by Crippen LogP contribution is 2.29. The number of nitrogens with two attached hydrogens (primary N) is 2. The van der Waals surface area contributed by atoms with Gasteiger partial charge in [-0.3, -0.25) is 13.6 Å². The summed E-state index contributed by atoms with van der Waals surface area (Å²) in [7, 11) is -2.76. The van der Waals surface area contributed by atoms with E-state index >= 15 is 0 Å². The van der Waals surface area contributed by atoms with Gasteiger partial charge in [-0.2, -0.15) is 0 Å². The fourth-order valence-electron chi connectivity index (χ4n) is 3.56. The van der Waals surface area contributed by atoms with E-state index in [2.05, 4.69) is 13.8 Å². The van der Waals surface area contributed by atoms with Gasteiger partial charge in [-0.25, -0.2) is 0 Å². The third-order valence-corrected chi connectivity index (χ3v) is 6.52. The molecule has 0 radical (unpaired) electrons. The molecule has 0 saturated heterocycles. The molecule has 0 fully saturated rings. The van der Waals surface area contributed by atoms with Crippen molar-refractivity contribution in [3.05, 3.63) is 60.7 Å². The highest BCUT2D eigenvalue weighted by Gasteiger charge is 2.15. The minimum atomic E-state index is -2.76. The lowest BCUT2D eigenvalue weighted by Gasteiger charge is -2.20. The van der Waals surface area contributed by atoms with E-state index < -0.39 is 20.7 Å². The van der Waals surface area contributed by atoms with Gasteiger partial charge in [-0.1, -0.05) is 50.2 Å². The Kier molecular flexibility index (Phi) is 17.0. The Morgan fingerprint density at radius 1 is 0.686 bits per heavy atom. The maximum atomic E-state index is 12.2. The molecule has 2 aromatic rings. The number of hydrogen-bond donors (Lipinski definition) is 2. The van der Waals surface area contributed by atoms with Crippen molar-refractivity contribution in [3.8, 4) is 11.5 Å². The van der Waals surface area contributed by atoms with Crippen molar-refractivity contribution in [2.45, 2.75) is 89.9 Å². The molecule has 9 heteroatoms. The Bertz CT molecular complexity index is 737. The molecule has 0 aliphatic rings. The summed E-state index contributed by atoms with van der Waals surface area (Å²) >= 11 is 0. The van der Waals surface area contributed by atoms with Crippen LogP contribution in [0.1, 0.15) is 65.2 Å². The number of benzene rings is 2. The van der Waals surface area contributed by atoms with E-state index in [1.54, 1.807) is 0 Å². The maximum absolute atomic E-state index is 12.2. The first kappa shape index (κ1) is 31.6. The van der Waals surface area contributed by atoms with Crippen LogP contribution in [-0.4, -0.2) is 24.7 Å². The van der Waals surface area contributed by atoms with Crippen molar-refractivity contribution in [2.24, 2.45) is 11.5 Å². The number of ether oxygens (including phenoxy) is 2. The molecule has 0 amide bonds. The third kappa shape index (κ3) is 14.0. The summed E-state index contributed by atoms with van der Waals surface area (Å²) in [5, 5.41) is 0. The quantitative estimate of drug-likeness (QED) is 0.153. The summed E-state index contributed by atoms with van der Waals surface area (Å²) in [5.74, 6) is 1.72. The topological polar surface area (TPSA) is 106 Å². The molecule has 4 unspecified atom stereocenters. The standard InChI is InChI=1S/C26H41N2O5P.BrH/c1-3-21(30-23-13-7-5-8-14-23)17-11-19-25(27)32-34(29)33-26(28)20-12-18-22(4-2)31-24-15-9-6-10-16-24;/h5-10,13-16,21-22,25-26,34H,3-4,11-12,17-20,27-28H2,1-2H3;1H. The molecule has 198 valence electrons. The molecule has 0 heterocycles. The average Bonchev–Trinajstić information content (AvgIpc) is 2.83. The molecule has 7 nitrogen and oxygen atoms in total. The van der Waals surface area contributed by atoms with Crippen molar-refractivity contribution in [1.29, 1.82) is 0 Å². The summed E-state index contributed by atoms with van der Waals surface area (Å²) < 4.78 is 34.8. The van der Waals surface area contributed by atoms with Crippen molar-refractivity contribution < 1.29 is 23.1 Å². The van der Waals surface area contributed by atoms with Crippen molar-refractivity contribution in [3.63, 3.8) is 0 Å². The third-order valence-electron chi connectivity index (χ3n) is 5.53. The van der Waals surface area contributed by atoms with E-state index in [0.29, 0.717) is 12.8 Å². The molecule has 0 spiro atoms. The van der Waals surface area contributed by atoms with E-state index in [-0.39, 0.29) is 29.2 Å². The molecular weight excluding hydrogens is 531 g/mol. The Morgan fingerprint density at radius 2 is 1.06 bits per heavy atom. The first-order chi connectivity index (χ1) is 16.5. The van der Waals surface area contributed by atoms with Gasteiger partial charge in [-0.15, -0.1) is 17.0 Å². The second-order valence-electron chi connectivity index (χ2n) is 8.35. The lowest BCUT2D eigenvalue weighted by Crippen LogP contribution is -2.25. The summed E-state index contributed by atoms with van der Waals surface area (Å²) in [6.07, 6.45) is 5.11. The van der Waals surface area contributed by atoms with Gasteiger partial charge in [0.15, 0.2) is 0 Å². The van der Waals surface area contributed by atoms with Crippen LogP contribution < -0.4 is 20.9 Å². The fraction of sp³-hybridized carbons (Fsp3) is 0.538. The van der Waals surface area contributed by atoms with Crippen molar-refractivity contribution >= 4 is 25.2 Å². The molecule has 35 heavy (non-hydrogen) atoms. The van der Waals surface area contributed by atoms with Crippen LogP contribution in [-0.2, 0) is 13.6 Å². The van der Waals surface area contributed by atoms with Gasteiger partial charge in [0, 0.05) is 0 Å². The predicted octanol–water partition coefficient (Wildman–Crippen LogP) is 6.61. The monoisotopic (exact) mass is 572 g/mol. The molecule has 4 atom stereocenters. The van der Waals surface area contributed by atoms with Gasteiger partial charge in [-0.05, 0) is 75.6 Å². The number of para-hydroxylation sites is 2. The Balaban J connectivity index is 0.00000612. The first-order valence-corrected chi connectivity index (χ1v) is 13.5. The zero-order valence-electron chi connectivity index (χ0n) is 20.8. The van der Waals surface area contributed by atoms with Crippen LogP contribution in [0.3, 0.4) is 0 Å². The largest absolute Gasteiger partial charge is 0.490 e. The number of rotatable bonds is 18. The first-order valence-electron chi connectivity index (χ1n) is 12.3. The van der Waals surface area contributed by atoms with Gasteiger partial charge in [0.1, 0.15) is 24.0 Å². The Hall–Kier alpha value is -1.41. The molecule has 0 aromatic heterocycles. The number of halogens is 1. The second kappa shape index (κ2) is 18.8. The maximum Gasteiger partial charge on any atom is 0.322 e. The molecule has 0 saturated carbocycles. The van der Waals surface area contributed by atoms with Crippen LogP contribution in [0.25, 0.3) is 0 Å². The van der Waals surface area contributed by atoms with Crippen LogP contribution in [0, 0.1) is 0 Å². The van der Waals surface area contributed by atoms with Crippen LogP contribution in [0.2, 0.25) is 0 Å². The van der Waals surface area contributed by atoms with Crippen LogP contribution >= 0.6 is 25.2 Å². The SMILES string of the molecule is Br.CCC(CCCC(N)O[PH](=O)OC(N)CCCC(CC)Oc1ccccc1)Oc1ccccc1. The zero-order valence-corrected chi connectivity index (χ0v) is 23.6. The van der Waals surface area contributed by atoms with Crippen LogP contribution in [0.15, 0.2) is 60.7 Å². The van der Waals surface area contributed by atoms with Crippen LogP contribution in [0.4, 0.5) is 0 Å². The summed E-state index contributed by atoms with van der Waals surface area (Å²) in [4.78, 5) is 0. The second-order valence-corrected chi connectivity index (χ2v) is 9.32. The van der Waals surface area contributed by atoms with E-state index in [9.17, 15) is 4.57 Å². The van der Waals surface area contributed by atoms with Crippen molar-refractivity contribution in [2.75, 3.05) is 0 Å². The lowest BCUT2D eigenvalue weighted by atomic mass is 10.1. The summed E-state index contributed by atoms with van der Waals surface area (Å²) in [5.41, 5.74) is 12.0. The highest BCUT2D eigenvalue weighted by molar-refractivity contribution is 8.93. The van der Waals surface area contributed by atoms with Gasteiger partial charge in [0.25, 0.3) is 0 Å². The number of hydrogen-bond acceptors (Lipinski definition) is 7. The van der Waals surface area contributed by atoms with Gasteiger partial charge in [0.05, 0.1) is 12.2 Å². The Labute approximate surface area is 221 Å². The highest BCUT2D eigenvalue weighted by atomic mass is 79.9. The van der Waals surface area contributed by atoms with Gasteiger partial charge in [0.2, 0.25) is 0 Å². The summed E-state index contributed by atoms with van der Waals surface area (Å²) in [6, 6.07) is 19.5. The molecule has 0 aliphatic carbocycles. The Morgan fingerprint density at radius 3 is 1.40 bits per heavy atom. The molecule has 2 rings (SSSR count). The normalized spacial score (nSPS) is 15.3. The van der Waals surface area contributed by atoms with E-state index in [1.807, 2.05) is 60.7 Å². The fourth-order valence-corrected chi connectivity index (χ4v) is 4.35. The van der Waals surface area contributed by atoms with Crippen molar-refractivity contribution in [1.82, 2.24) is 0 Å². The van der Waals surface area contributed by atoms with Crippen LogP contribution in [0.5, 0.6) is 11.5 Å². The predicted molar refractivity (Wildman–Crippen MR) is 147 cm³/mol. The molecule has 4 N–H and O–H groups in total. The average molecular weight is 574 g/mol. The van der Waals surface area contributed by atoms with E-state index in [1.165, 1.54) is 0 Å².